The van der Waals surface area contributed by atoms with Gasteiger partial charge in [-0.2, -0.15) is 0 Å². The van der Waals surface area contributed by atoms with Crippen molar-refractivity contribution in [3.63, 3.8) is 0 Å². The summed E-state index contributed by atoms with van der Waals surface area (Å²) in [7, 11) is 0. The number of ether oxygens (including phenoxy) is 1. The number of halogens is 2. The van der Waals surface area contributed by atoms with Gasteiger partial charge in [0, 0.05) is 8.41 Å². The topological polar surface area (TPSA) is 43.4 Å². The van der Waals surface area contributed by atoms with E-state index in [4.69, 9.17) is 4.74 Å². The number of hydrogen-bond donors (Lipinski definition) is 0. The van der Waals surface area contributed by atoms with E-state index < -0.39 is 5.92 Å². The summed E-state index contributed by atoms with van der Waals surface area (Å²) in [5, 5.41) is 0. The van der Waals surface area contributed by atoms with Gasteiger partial charge in [-0.1, -0.05) is 19.1 Å². The number of para-hydroxylation sites is 1. The minimum absolute atomic E-state index is 0. The first-order chi connectivity index (χ1) is 8.06. The number of carbonyl (C=O) groups is 2. The molecule has 0 aromatic heterocycles. The molecule has 0 aliphatic carbocycles. The summed E-state index contributed by atoms with van der Waals surface area (Å²) in [6, 6.07) is 5.46. The average Bonchev–Trinajstić information content (AvgIpc) is 2.29. The van der Waals surface area contributed by atoms with E-state index in [1.165, 1.54) is 6.92 Å². The predicted octanol–water partition coefficient (Wildman–Crippen LogP) is 2.48. The summed E-state index contributed by atoms with van der Waals surface area (Å²) in [6.45, 7) is 5.29. The lowest BCUT2D eigenvalue weighted by molar-refractivity contribution is -0.122. The molecule has 1 aromatic carbocycles. The Morgan fingerprint density at radius 3 is 2.40 bits per heavy atom. The Labute approximate surface area is 119 Å². The van der Waals surface area contributed by atoms with E-state index in [2.05, 4.69) is 0 Å². The van der Waals surface area contributed by atoms with Gasteiger partial charge < -0.3 is 4.74 Å². The Kier molecular flexibility index (Phi) is 8.01. The van der Waals surface area contributed by atoms with Crippen molar-refractivity contribution in [1.82, 2.24) is 0 Å². The van der Waals surface area contributed by atoms with Crippen LogP contribution in [-0.2, 0) is 4.79 Å². The molecule has 0 bridgehead atoms. The van der Waals surface area contributed by atoms with E-state index in [1.807, 2.05) is 26.0 Å². The predicted molar refractivity (Wildman–Crippen MR) is 75.1 cm³/mol. The first-order valence-corrected chi connectivity index (χ1v) is 5.87. The molecule has 1 aliphatic rings. The second-order valence-electron chi connectivity index (χ2n) is 4.47. The van der Waals surface area contributed by atoms with Crippen LogP contribution in [0.2, 0.25) is 0 Å². The maximum atomic E-state index is 12.3. The Bertz CT molecular complexity index is 491. The fraction of sp³-hybridized carbons (Fsp3) is 0.429. The van der Waals surface area contributed by atoms with Crippen LogP contribution in [0.25, 0.3) is 0 Å². The minimum atomic E-state index is -0.644. The van der Waals surface area contributed by atoms with Crippen molar-refractivity contribution in [2.24, 2.45) is 5.92 Å². The van der Waals surface area contributed by atoms with Crippen LogP contribution >= 0.6 is 0 Å². The van der Waals surface area contributed by atoms with Crippen molar-refractivity contribution in [3.8, 4) is 5.75 Å². The van der Waals surface area contributed by atoms with E-state index in [1.54, 1.807) is 6.07 Å². The normalized spacial score (nSPS) is 19.4. The number of rotatable bonds is 2. The number of Topliss-reactive ketones (excluding diaryl/α,β-unsaturated/α-hetero) is 2. The third-order valence-corrected chi connectivity index (χ3v) is 3.24. The number of benzene rings is 1. The number of hydrogen-bond acceptors (Lipinski definition) is 3. The summed E-state index contributed by atoms with van der Waals surface area (Å²) in [4.78, 5) is 23.9. The van der Waals surface area contributed by atoms with E-state index in [-0.39, 0.29) is 35.5 Å². The zero-order chi connectivity index (χ0) is 12.6. The molecule has 0 saturated heterocycles. The van der Waals surface area contributed by atoms with E-state index >= 15 is 0 Å². The largest absolute Gasteiger partial charge is 0.488 e. The van der Waals surface area contributed by atoms with Gasteiger partial charge in [0.05, 0.1) is 5.56 Å². The van der Waals surface area contributed by atoms with Gasteiger partial charge in [0.15, 0.2) is 5.78 Å². The molecular formula is C14H18BF2O3. The molecule has 2 rings (SSSR count). The summed E-state index contributed by atoms with van der Waals surface area (Å²) in [5.74, 6) is -0.223. The van der Waals surface area contributed by atoms with Crippen LogP contribution in [0.1, 0.15) is 36.2 Å². The Balaban J connectivity index is 0. The smallest absolute Gasteiger partial charge is 0.180 e. The van der Waals surface area contributed by atoms with Crippen molar-refractivity contribution < 1.29 is 23.7 Å². The fourth-order valence-electron chi connectivity index (χ4n) is 2.32. The minimum Gasteiger partial charge on any atom is -0.488 e. The Morgan fingerprint density at radius 1 is 1.30 bits per heavy atom. The lowest BCUT2D eigenvalue weighted by atomic mass is 9.84. The molecule has 6 heteroatoms. The summed E-state index contributed by atoms with van der Waals surface area (Å²) in [5.41, 5.74) is 1.48. The Hall–Kier alpha value is -1.72. The van der Waals surface area contributed by atoms with Crippen LogP contribution < -0.4 is 4.74 Å². The molecule has 3 radical (unpaired) electrons. The van der Waals surface area contributed by atoms with Gasteiger partial charge in [-0.15, -0.1) is 0 Å². The van der Waals surface area contributed by atoms with Gasteiger partial charge in [-0.3, -0.25) is 19.0 Å². The highest BCUT2D eigenvalue weighted by Crippen LogP contribution is 2.34. The van der Waals surface area contributed by atoms with Gasteiger partial charge >= 0.3 is 0 Å². The second-order valence-corrected chi connectivity index (χ2v) is 4.47. The molecule has 0 spiro atoms. The van der Waals surface area contributed by atoms with E-state index in [0.717, 1.165) is 5.56 Å². The maximum absolute atomic E-state index is 12.3. The standard InChI is InChI=1S/C14H16O3.B.2FH/c1-4-11-12(9(3)15)13(16)10-7-5-6-8(2)14(10)17-11;;;/h5-7,11-12H,4H2,1-3H3;;2*1H. The third kappa shape index (κ3) is 3.24. The molecule has 0 saturated carbocycles. The quantitative estimate of drug-likeness (QED) is 0.618. The van der Waals surface area contributed by atoms with Crippen molar-refractivity contribution in [2.75, 3.05) is 0 Å². The van der Waals surface area contributed by atoms with Crippen LogP contribution in [0.3, 0.4) is 0 Å². The molecule has 2 atom stereocenters. The van der Waals surface area contributed by atoms with Crippen LogP contribution in [0.15, 0.2) is 18.2 Å². The summed E-state index contributed by atoms with van der Waals surface area (Å²) in [6.07, 6.45) is 0.331. The lowest BCUT2D eigenvalue weighted by Gasteiger charge is -2.31. The number of carbonyl (C=O) groups excluding carboxylic acids is 2. The molecular weight excluding hydrogens is 265 g/mol. The zero-order valence-corrected chi connectivity index (χ0v) is 11.7. The molecule has 0 amide bonds. The molecule has 109 valence electrons. The SMILES string of the molecule is CCC1Oc2c(C)cccc2C(=O)C1C(C)=O.F.F.[B]. The molecule has 20 heavy (non-hydrogen) atoms. The molecule has 1 aromatic rings. The van der Waals surface area contributed by atoms with Crippen LogP contribution in [-0.4, -0.2) is 26.1 Å². The van der Waals surface area contributed by atoms with Crippen molar-refractivity contribution in [1.29, 1.82) is 0 Å². The third-order valence-electron chi connectivity index (χ3n) is 3.24. The number of aryl methyl sites for hydroxylation is 1. The van der Waals surface area contributed by atoms with E-state index in [9.17, 15) is 9.59 Å². The van der Waals surface area contributed by atoms with Crippen LogP contribution in [0.5, 0.6) is 5.75 Å². The highest BCUT2D eigenvalue weighted by atomic mass is 19.0. The van der Waals surface area contributed by atoms with Crippen molar-refractivity contribution >= 4 is 20.0 Å². The monoisotopic (exact) mass is 283 g/mol. The highest BCUT2D eigenvalue weighted by Gasteiger charge is 2.39. The van der Waals surface area contributed by atoms with Crippen LogP contribution in [0, 0.1) is 12.8 Å². The molecule has 2 unspecified atom stereocenters. The summed E-state index contributed by atoms with van der Waals surface area (Å²) >= 11 is 0. The highest BCUT2D eigenvalue weighted by molar-refractivity contribution is 6.12. The molecule has 3 nitrogen and oxygen atoms in total. The maximum Gasteiger partial charge on any atom is 0.180 e. The number of ketones is 2. The first-order valence-electron chi connectivity index (χ1n) is 5.87. The lowest BCUT2D eigenvalue weighted by Crippen LogP contribution is -2.41. The molecule has 0 N–H and O–H groups in total. The second kappa shape index (κ2) is 7.77. The van der Waals surface area contributed by atoms with Crippen molar-refractivity contribution in [2.45, 2.75) is 33.3 Å². The van der Waals surface area contributed by atoms with Gasteiger partial charge in [-0.05, 0) is 31.9 Å². The molecule has 1 heterocycles. The van der Waals surface area contributed by atoms with E-state index in [0.29, 0.717) is 17.7 Å². The van der Waals surface area contributed by atoms with Crippen molar-refractivity contribution in [3.05, 3.63) is 29.3 Å². The molecule has 0 fully saturated rings. The van der Waals surface area contributed by atoms with Gasteiger partial charge in [-0.25, -0.2) is 0 Å². The Morgan fingerprint density at radius 2 is 1.90 bits per heavy atom. The fourth-order valence-corrected chi connectivity index (χ4v) is 2.32. The summed E-state index contributed by atoms with van der Waals surface area (Å²) < 4.78 is 5.81. The number of fused-ring (bicyclic) bond motifs is 1. The van der Waals surface area contributed by atoms with Gasteiger partial charge in [0.25, 0.3) is 0 Å². The van der Waals surface area contributed by atoms with Gasteiger partial charge in [0.2, 0.25) is 0 Å². The first kappa shape index (κ1) is 20.6. The van der Waals surface area contributed by atoms with Gasteiger partial charge in [0.1, 0.15) is 23.6 Å². The average molecular weight is 283 g/mol. The zero-order valence-electron chi connectivity index (χ0n) is 11.7. The van der Waals surface area contributed by atoms with Crippen LogP contribution in [0.4, 0.5) is 9.41 Å². The molecule has 1 aliphatic heterocycles.